The van der Waals surface area contributed by atoms with E-state index in [1.165, 1.54) is 0 Å². The molecule has 6 heteroatoms. The van der Waals surface area contributed by atoms with Gasteiger partial charge in [0.2, 0.25) is 10.0 Å². The van der Waals surface area contributed by atoms with Crippen LogP contribution in [0, 0.1) is 0 Å². The molecule has 1 atom stereocenters. The van der Waals surface area contributed by atoms with Crippen LogP contribution in [-0.2, 0) is 16.4 Å². The number of thioether (sulfide) groups is 1. The average Bonchev–Trinajstić information content (AvgIpc) is 2.45. The first-order chi connectivity index (χ1) is 9.54. The molecule has 0 saturated carbocycles. The highest BCUT2D eigenvalue weighted by Gasteiger charge is 2.28. The molecule has 0 bridgehead atoms. The monoisotopic (exact) mass is 314 g/mol. The van der Waals surface area contributed by atoms with Gasteiger partial charge in [0, 0.05) is 24.1 Å². The number of hydrogen-bond donors (Lipinski definition) is 1. The maximum Gasteiger partial charge on any atom is 0.243 e. The number of sulfonamides is 1. The molecular formula is C14H22N2O2S2. The summed E-state index contributed by atoms with van der Waals surface area (Å²) in [6, 6.07) is 7.22. The summed E-state index contributed by atoms with van der Waals surface area (Å²) in [5.74, 6) is 0.870. The summed E-state index contributed by atoms with van der Waals surface area (Å²) in [5, 5.41) is 0.363. The van der Waals surface area contributed by atoms with Crippen LogP contribution in [0.5, 0.6) is 0 Å². The highest BCUT2D eigenvalue weighted by Crippen LogP contribution is 2.24. The van der Waals surface area contributed by atoms with Crippen molar-refractivity contribution in [1.82, 2.24) is 4.31 Å². The first-order valence-corrected chi connectivity index (χ1v) is 9.43. The molecule has 1 heterocycles. The summed E-state index contributed by atoms with van der Waals surface area (Å²) in [5.41, 5.74) is 6.62. The lowest BCUT2D eigenvalue weighted by molar-refractivity contribution is 0.424. The minimum atomic E-state index is -3.34. The third-order valence-electron chi connectivity index (χ3n) is 3.43. The van der Waals surface area contributed by atoms with Crippen molar-refractivity contribution in [3.8, 4) is 0 Å². The molecular weight excluding hydrogens is 292 g/mol. The van der Waals surface area contributed by atoms with Gasteiger partial charge in [0.05, 0.1) is 4.90 Å². The van der Waals surface area contributed by atoms with Crippen LogP contribution in [0.15, 0.2) is 29.2 Å². The van der Waals surface area contributed by atoms with Gasteiger partial charge in [-0.05, 0) is 37.1 Å². The second-order valence-corrected chi connectivity index (χ2v) is 8.56. The number of hydrogen-bond acceptors (Lipinski definition) is 4. The lowest BCUT2D eigenvalue weighted by Crippen LogP contribution is -2.40. The minimum Gasteiger partial charge on any atom is -0.330 e. The Labute approximate surface area is 125 Å². The van der Waals surface area contributed by atoms with E-state index >= 15 is 0 Å². The zero-order valence-corrected chi connectivity index (χ0v) is 13.4. The highest BCUT2D eigenvalue weighted by atomic mass is 32.2. The molecule has 2 N–H and O–H groups in total. The maximum atomic E-state index is 12.6. The van der Waals surface area contributed by atoms with Gasteiger partial charge in [0.25, 0.3) is 0 Å². The van der Waals surface area contributed by atoms with E-state index in [2.05, 4.69) is 6.92 Å². The lowest BCUT2D eigenvalue weighted by atomic mass is 10.1. The average molecular weight is 314 g/mol. The smallest absolute Gasteiger partial charge is 0.243 e. The largest absolute Gasteiger partial charge is 0.330 e. The molecule has 0 aromatic heterocycles. The second kappa shape index (κ2) is 6.93. The van der Waals surface area contributed by atoms with Gasteiger partial charge in [-0.3, -0.25) is 0 Å². The molecule has 1 aliphatic heterocycles. The van der Waals surface area contributed by atoms with E-state index in [-0.39, 0.29) is 0 Å². The molecule has 112 valence electrons. The molecule has 0 radical (unpaired) electrons. The molecule has 1 unspecified atom stereocenters. The fraction of sp³-hybridized carbons (Fsp3) is 0.571. The van der Waals surface area contributed by atoms with E-state index in [0.29, 0.717) is 29.8 Å². The van der Waals surface area contributed by atoms with Crippen molar-refractivity contribution in [3.63, 3.8) is 0 Å². The zero-order valence-electron chi connectivity index (χ0n) is 11.8. The Morgan fingerprint density at radius 3 is 2.65 bits per heavy atom. The zero-order chi connectivity index (χ0) is 14.6. The number of aryl methyl sites for hydroxylation is 1. The quantitative estimate of drug-likeness (QED) is 0.898. The predicted molar refractivity (Wildman–Crippen MR) is 84.5 cm³/mol. The maximum absolute atomic E-state index is 12.6. The van der Waals surface area contributed by atoms with Crippen LogP contribution in [-0.4, -0.2) is 43.4 Å². The number of nitrogens with zero attached hydrogens (tertiary/aromatic N) is 1. The third-order valence-corrected chi connectivity index (χ3v) is 6.45. The standard InChI is InChI=1S/C14H22N2O2S2/c1-12-11-16(9-10-19-12)20(17,18)14-6-4-13(5-7-14)3-2-8-15/h4-7,12H,2-3,8-11,15H2,1H3. The molecule has 0 amide bonds. The fourth-order valence-corrected chi connectivity index (χ4v) is 5.04. The van der Waals surface area contributed by atoms with Crippen LogP contribution in [0.4, 0.5) is 0 Å². The van der Waals surface area contributed by atoms with Crippen molar-refractivity contribution >= 4 is 21.8 Å². The van der Waals surface area contributed by atoms with Gasteiger partial charge in [-0.15, -0.1) is 0 Å². The van der Waals surface area contributed by atoms with Crippen LogP contribution < -0.4 is 5.73 Å². The minimum absolute atomic E-state index is 0.363. The SMILES string of the molecule is CC1CN(S(=O)(=O)c2ccc(CCCN)cc2)CCS1. The van der Waals surface area contributed by atoms with Crippen LogP contribution in [0.3, 0.4) is 0 Å². The normalized spacial score (nSPS) is 21.0. The van der Waals surface area contributed by atoms with Crippen molar-refractivity contribution in [2.24, 2.45) is 5.73 Å². The first-order valence-electron chi connectivity index (χ1n) is 6.95. The Morgan fingerprint density at radius 1 is 1.35 bits per heavy atom. The Bertz CT molecular complexity index is 529. The summed E-state index contributed by atoms with van der Waals surface area (Å²) in [6.45, 7) is 3.93. The van der Waals surface area contributed by atoms with E-state index in [9.17, 15) is 8.42 Å². The molecule has 4 nitrogen and oxygen atoms in total. The Hall–Kier alpha value is -0.560. The number of nitrogens with two attached hydrogens (primary N) is 1. The van der Waals surface area contributed by atoms with Crippen molar-refractivity contribution in [3.05, 3.63) is 29.8 Å². The molecule has 0 spiro atoms. The number of rotatable bonds is 5. The number of benzene rings is 1. The van der Waals surface area contributed by atoms with Gasteiger partial charge in [0.1, 0.15) is 0 Å². The van der Waals surface area contributed by atoms with Crippen molar-refractivity contribution in [1.29, 1.82) is 0 Å². The molecule has 1 aliphatic rings. The molecule has 1 aromatic rings. The highest BCUT2D eigenvalue weighted by molar-refractivity contribution is 8.00. The Balaban J connectivity index is 2.12. The topological polar surface area (TPSA) is 63.4 Å². The van der Waals surface area contributed by atoms with Crippen LogP contribution in [0.25, 0.3) is 0 Å². The summed E-state index contributed by atoms with van der Waals surface area (Å²) >= 11 is 1.83. The van der Waals surface area contributed by atoms with Gasteiger partial charge in [-0.1, -0.05) is 19.1 Å². The van der Waals surface area contributed by atoms with Gasteiger partial charge in [-0.25, -0.2) is 8.42 Å². The Kier molecular flexibility index (Phi) is 5.49. The van der Waals surface area contributed by atoms with Crippen LogP contribution in [0.2, 0.25) is 0 Å². The van der Waals surface area contributed by atoms with Crippen molar-refractivity contribution in [2.45, 2.75) is 29.9 Å². The predicted octanol–water partition coefficient (Wildman–Crippen LogP) is 1.70. The summed E-state index contributed by atoms with van der Waals surface area (Å²) in [6.07, 6.45) is 1.82. The molecule has 1 saturated heterocycles. The summed E-state index contributed by atoms with van der Waals surface area (Å²) in [4.78, 5) is 0.396. The second-order valence-electron chi connectivity index (χ2n) is 5.08. The van der Waals surface area contributed by atoms with Gasteiger partial charge in [0.15, 0.2) is 0 Å². The van der Waals surface area contributed by atoms with Crippen molar-refractivity contribution < 1.29 is 8.42 Å². The van der Waals surface area contributed by atoms with E-state index in [1.54, 1.807) is 16.4 Å². The first kappa shape index (κ1) is 15.8. The van der Waals surface area contributed by atoms with Crippen LogP contribution >= 0.6 is 11.8 Å². The van der Waals surface area contributed by atoms with Gasteiger partial charge in [-0.2, -0.15) is 16.1 Å². The molecule has 0 aliphatic carbocycles. The molecule has 20 heavy (non-hydrogen) atoms. The van der Waals surface area contributed by atoms with Crippen molar-refractivity contribution in [2.75, 3.05) is 25.4 Å². The van der Waals surface area contributed by atoms with Gasteiger partial charge >= 0.3 is 0 Å². The van der Waals surface area contributed by atoms with E-state index in [0.717, 1.165) is 24.2 Å². The van der Waals surface area contributed by atoms with E-state index in [4.69, 9.17) is 5.73 Å². The summed E-state index contributed by atoms with van der Waals surface area (Å²) in [7, 11) is -3.34. The van der Waals surface area contributed by atoms with E-state index < -0.39 is 10.0 Å². The fourth-order valence-electron chi connectivity index (χ4n) is 2.29. The summed E-state index contributed by atoms with van der Waals surface area (Å²) < 4.78 is 26.7. The lowest BCUT2D eigenvalue weighted by Gasteiger charge is -2.29. The van der Waals surface area contributed by atoms with Crippen LogP contribution in [0.1, 0.15) is 18.9 Å². The van der Waals surface area contributed by atoms with E-state index in [1.807, 2.05) is 23.9 Å². The van der Waals surface area contributed by atoms with Gasteiger partial charge < -0.3 is 5.73 Å². The molecule has 1 aromatic carbocycles. The third kappa shape index (κ3) is 3.75. The molecule has 2 rings (SSSR count). The molecule has 1 fully saturated rings. The Morgan fingerprint density at radius 2 is 2.05 bits per heavy atom.